The zero-order chi connectivity index (χ0) is 9.45. The van der Waals surface area contributed by atoms with Crippen molar-refractivity contribution in [3.8, 4) is 0 Å². The fraction of sp³-hybridized carbons (Fsp3) is 0.818. The first-order valence-electron chi connectivity index (χ1n) is 5.04. The third kappa shape index (κ3) is 4.55. The summed E-state index contributed by atoms with van der Waals surface area (Å²) in [5, 5.41) is 9.93. The molecule has 0 amide bonds. The summed E-state index contributed by atoms with van der Waals surface area (Å²) >= 11 is 0. The average Bonchev–Trinajstić information content (AvgIpc) is 2.06. The van der Waals surface area contributed by atoms with Crippen molar-refractivity contribution in [1.82, 2.24) is 0 Å². The van der Waals surface area contributed by atoms with E-state index in [1.165, 1.54) is 12.8 Å². The molecule has 0 spiro atoms. The summed E-state index contributed by atoms with van der Waals surface area (Å²) in [4.78, 5) is 0. The van der Waals surface area contributed by atoms with E-state index >= 15 is 0 Å². The van der Waals surface area contributed by atoms with Gasteiger partial charge in [0.15, 0.2) is 0 Å². The summed E-state index contributed by atoms with van der Waals surface area (Å²) in [5.74, 6) is 0. The summed E-state index contributed by atoms with van der Waals surface area (Å²) in [6.07, 6.45) is 7.97. The van der Waals surface area contributed by atoms with E-state index in [0.717, 1.165) is 25.7 Å². The van der Waals surface area contributed by atoms with Gasteiger partial charge in [0, 0.05) is 0 Å². The van der Waals surface area contributed by atoms with Gasteiger partial charge in [0.1, 0.15) is 0 Å². The third-order valence-corrected chi connectivity index (χ3v) is 2.28. The van der Waals surface area contributed by atoms with Crippen LogP contribution in [0.1, 0.15) is 52.4 Å². The summed E-state index contributed by atoms with van der Waals surface area (Å²) in [7, 11) is 0. The standard InChI is InChI=1S/C11H22O/c1-4-7-8-10-11(12,6-3)9-5-2/h6,12H,3-5,7-10H2,1-2H3. The zero-order valence-corrected chi connectivity index (χ0v) is 8.47. The molecule has 0 saturated heterocycles. The fourth-order valence-corrected chi connectivity index (χ4v) is 1.44. The molecule has 0 bridgehead atoms. The molecule has 0 aromatic heterocycles. The second kappa shape index (κ2) is 6.24. The fourth-order valence-electron chi connectivity index (χ4n) is 1.44. The van der Waals surface area contributed by atoms with E-state index in [1.807, 2.05) is 0 Å². The average molecular weight is 170 g/mol. The number of aliphatic hydroxyl groups is 1. The van der Waals surface area contributed by atoms with Gasteiger partial charge in [0.05, 0.1) is 5.60 Å². The SMILES string of the molecule is C=CC(O)(CCC)CCCCC. The highest BCUT2D eigenvalue weighted by Crippen LogP contribution is 2.21. The summed E-state index contributed by atoms with van der Waals surface area (Å²) in [5.41, 5.74) is -0.593. The molecule has 0 heterocycles. The molecule has 1 unspecified atom stereocenters. The van der Waals surface area contributed by atoms with Crippen LogP contribution in [0.5, 0.6) is 0 Å². The van der Waals surface area contributed by atoms with Gasteiger partial charge >= 0.3 is 0 Å². The van der Waals surface area contributed by atoms with E-state index < -0.39 is 5.60 Å². The summed E-state index contributed by atoms with van der Waals surface area (Å²) in [6.45, 7) is 7.95. The lowest BCUT2D eigenvalue weighted by Gasteiger charge is -2.23. The second-order valence-corrected chi connectivity index (χ2v) is 3.51. The molecular formula is C11H22O. The maximum Gasteiger partial charge on any atom is 0.0825 e. The van der Waals surface area contributed by atoms with E-state index in [1.54, 1.807) is 6.08 Å². The Hall–Kier alpha value is -0.300. The van der Waals surface area contributed by atoms with Crippen LogP contribution in [0.25, 0.3) is 0 Å². The molecule has 0 aliphatic carbocycles. The highest BCUT2D eigenvalue weighted by atomic mass is 16.3. The van der Waals surface area contributed by atoms with Crippen molar-refractivity contribution in [3.05, 3.63) is 12.7 Å². The highest BCUT2D eigenvalue weighted by Gasteiger charge is 2.20. The Balaban J connectivity index is 3.71. The van der Waals surface area contributed by atoms with Crippen molar-refractivity contribution in [2.24, 2.45) is 0 Å². The Morgan fingerprint density at radius 3 is 2.25 bits per heavy atom. The minimum absolute atomic E-state index is 0.593. The Morgan fingerprint density at radius 2 is 1.83 bits per heavy atom. The Morgan fingerprint density at radius 1 is 1.17 bits per heavy atom. The predicted molar refractivity (Wildman–Crippen MR) is 54.2 cm³/mol. The van der Waals surface area contributed by atoms with Crippen molar-refractivity contribution in [1.29, 1.82) is 0 Å². The van der Waals surface area contributed by atoms with E-state index in [4.69, 9.17) is 0 Å². The van der Waals surface area contributed by atoms with Crippen LogP contribution in [-0.4, -0.2) is 10.7 Å². The van der Waals surface area contributed by atoms with Gasteiger partial charge in [0.25, 0.3) is 0 Å². The van der Waals surface area contributed by atoms with Gasteiger partial charge in [-0.3, -0.25) is 0 Å². The molecule has 0 aliphatic heterocycles. The number of rotatable bonds is 7. The molecule has 1 atom stereocenters. The molecule has 1 N–H and O–H groups in total. The van der Waals surface area contributed by atoms with Crippen LogP contribution in [0.2, 0.25) is 0 Å². The molecule has 12 heavy (non-hydrogen) atoms. The molecule has 0 saturated carbocycles. The van der Waals surface area contributed by atoms with Crippen LogP contribution < -0.4 is 0 Å². The van der Waals surface area contributed by atoms with E-state index in [2.05, 4.69) is 20.4 Å². The van der Waals surface area contributed by atoms with Crippen LogP contribution in [0, 0.1) is 0 Å². The minimum Gasteiger partial charge on any atom is -0.386 e. The second-order valence-electron chi connectivity index (χ2n) is 3.51. The monoisotopic (exact) mass is 170 g/mol. The molecule has 0 rings (SSSR count). The van der Waals surface area contributed by atoms with E-state index in [9.17, 15) is 5.11 Å². The summed E-state index contributed by atoms with van der Waals surface area (Å²) in [6, 6.07) is 0. The van der Waals surface area contributed by atoms with E-state index in [0.29, 0.717) is 0 Å². The molecule has 1 nitrogen and oxygen atoms in total. The lowest BCUT2D eigenvalue weighted by molar-refractivity contribution is 0.0689. The van der Waals surface area contributed by atoms with E-state index in [-0.39, 0.29) is 0 Å². The minimum atomic E-state index is -0.593. The number of unbranched alkanes of at least 4 members (excludes halogenated alkanes) is 2. The molecule has 0 fully saturated rings. The highest BCUT2D eigenvalue weighted by molar-refractivity contribution is 4.94. The van der Waals surface area contributed by atoms with Gasteiger partial charge in [0.2, 0.25) is 0 Å². The van der Waals surface area contributed by atoms with Crippen LogP contribution in [0.3, 0.4) is 0 Å². The Kier molecular flexibility index (Phi) is 6.09. The first-order valence-corrected chi connectivity index (χ1v) is 5.04. The molecule has 72 valence electrons. The lowest BCUT2D eigenvalue weighted by Crippen LogP contribution is -2.24. The first kappa shape index (κ1) is 11.7. The molecule has 0 aliphatic rings. The third-order valence-electron chi connectivity index (χ3n) is 2.28. The topological polar surface area (TPSA) is 20.2 Å². The lowest BCUT2D eigenvalue weighted by atomic mass is 9.92. The Labute approximate surface area is 76.5 Å². The van der Waals surface area contributed by atoms with Gasteiger partial charge < -0.3 is 5.11 Å². The predicted octanol–water partition coefficient (Wildman–Crippen LogP) is 3.28. The molecule has 0 radical (unpaired) electrons. The zero-order valence-electron chi connectivity index (χ0n) is 8.47. The van der Waals surface area contributed by atoms with Crippen LogP contribution >= 0.6 is 0 Å². The summed E-state index contributed by atoms with van der Waals surface area (Å²) < 4.78 is 0. The van der Waals surface area contributed by atoms with Gasteiger partial charge in [-0.15, -0.1) is 6.58 Å². The number of hydrogen-bond donors (Lipinski definition) is 1. The van der Waals surface area contributed by atoms with Crippen molar-refractivity contribution < 1.29 is 5.11 Å². The van der Waals surface area contributed by atoms with Crippen LogP contribution in [0.4, 0.5) is 0 Å². The van der Waals surface area contributed by atoms with Gasteiger partial charge in [-0.1, -0.05) is 45.6 Å². The van der Waals surface area contributed by atoms with Crippen molar-refractivity contribution >= 4 is 0 Å². The van der Waals surface area contributed by atoms with Crippen LogP contribution in [0.15, 0.2) is 12.7 Å². The van der Waals surface area contributed by atoms with Crippen molar-refractivity contribution in [3.63, 3.8) is 0 Å². The molecular weight excluding hydrogens is 148 g/mol. The smallest absolute Gasteiger partial charge is 0.0825 e. The van der Waals surface area contributed by atoms with Crippen LogP contribution in [-0.2, 0) is 0 Å². The van der Waals surface area contributed by atoms with Gasteiger partial charge in [-0.25, -0.2) is 0 Å². The van der Waals surface area contributed by atoms with Crippen molar-refractivity contribution in [2.75, 3.05) is 0 Å². The quantitative estimate of drug-likeness (QED) is 0.459. The molecule has 0 aromatic rings. The first-order chi connectivity index (χ1) is 5.68. The number of hydrogen-bond acceptors (Lipinski definition) is 1. The van der Waals surface area contributed by atoms with Gasteiger partial charge in [-0.05, 0) is 12.8 Å². The Bertz CT molecular complexity index is 120. The van der Waals surface area contributed by atoms with Crippen molar-refractivity contribution in [2.45, 2.75) is 58.0 Å². The largest absolute Gasteiger partial charge is 0.386 e. The normalized spacial score (nSPS) is 15.6. The maximum absolute atomic E-state index is 9.93. The van der Waals surface area contributed by atoms with Gasteiger partial charge in [-0.2, -0.15) is 0 Å². The molecule has 0 aromatic carbocycles. The molecule has 1 heteroatoms. The maximum atomic E-state index is 9.93.